The van der Waals surface area contributed by atoms with E-state index in [1.807, 2.05) is 0 Å². The van der Waals surface area contributed by atoms with E-state index in [4.69, 9.17) is 4.74 Å². The molecule has 1 aliphatic rings. The summed E-state index contributed by atoms with van der Waals surface area (Å²) in [4.78, 5) is 4.17. The fraction of sp³-hybridized carbons (Fsp3) is 0.444. The zero-order valence-corrected chi connectivity index (χ0v) is 8.30. The minimum atomic E-state index is 0.281. The number of aliphatic imine (C=N–C) groups is 1. The topological polar surface area (TPSA) is 33.6 Å². The number of thiophene rings is 1. The third-order valence-electron chi connectivity index (χ3n) is 1.97. The molecule has 3 nitrogen and oxygen atoms in total. The van der Waals surface area contributed by atoms with Gasteiger partial charge in [0, 0.05) is 0 Å². The third kappa shape index (κ3) is 2.01. The van der Waals surface area contributed by atoms with Gasteiger partial charge >= 0.3 is 0 Å². The maximum absolute atomic E-state index is 5.26. The predicted octanol–water partition coefficient (Wildman–Crippen LogP) is 1.78. The third-order valence-corrected chi connectivity index (χ3v) is 2.67. The minimum Gasteiger partial charge on any atom is -0.463 e. The van der Waals surface area contributed by atoms with Crippen LogP contribution in [0.25, 0.3) is 0 Å². The Kier molecular flexibility index (Phi) is 2.49. The van der Waals surface area contributed by atoms with E-state index in [-0.39, 0.29) is 6.04 Å². The molecule has 0 fully saturated rings. The summed E-state index contributed by atoms with van der Waals surface area (Å²) in [5.74, 6) is 0. The van der Waals surface area contributed by atoms with Crippen molar-refractivity contribution >= 4 is 17.4 Å². The summed E-state index contributed by atoms with van der Waals surface area (Å²) in [6, 6.07) is 3.07. The molecule has 1 unspecified atom stereocenters. The van der Waals surface area contributed by atoms with Crippen LogP contribution in [0.1, 0.15) is 18.5 Å². The molecule has 0 radical (unpaired) electrons. The predicted molar refractivity (Wildman–Crippen MR) is 54.1 cm³/mol. The Bertz CT molecular complexity index is 295. The number of ether oxygens (including phenoxy) is 1. The van der Waals surface area contributed by atoms with Crippen LogP contribution in [0.2, 0.25) is 0 Å². The van der Waals surface area contributed by atoms with Crippen LogP contribution in [0.4, 0.5) is 0 Å². The van der Waals surface area contributed by atoms with Crippen LogP contribution in [-0.2, 0) is 4.74 Å². The van der Waals surface area contributed by atoms with Crippen molar-refractivity contribution in [2.45, 2.75) is 13.0 Å². The van der Waals surface area contributed by atoms with Gasteiger partial charge in [0.25, 0.3) is 6.02 Å². The lowest BCUT2D eigenvalue weighted by Gasteiger charge is -2.12. The first-order chi connectivity index (χ1) is 6.36. The first-order valence-corrected chi connectivity index (χ1v) is 5.26. The maximum Gasteiger partial charge on any atom is 0.285 e. The summed E-state index contributed by atoms with van der Waals surface area (Å²) in [7, 11) is 0. The van der Waals surface area contributed by atoms with E-state index in [1.54, 1.807) is 11.3 Å². The standard InChI is InChI=1S/C9H12N2OS/c1-7(8-2-5-13-6-8)11-9-10-3-4-12-9/h2,5-7H,3-4H2,1H3,(H,10,11). The molecule has 0 aromatic carbocycles. The van der Waals surface area contributed by atoms with Crippen LogP contribution in [0.15, 0.2) is 21.8 Å². The van der Waals surface area contributed by atoms with Gasteiger partial charge in [-0.2, -0.15) is 11.3 Å². The Hall–Kier alpha value is -1.03. The summed E-state index contributed by atoms with van der Waals surface area (Å²) in [6.45, 7) is 3.59. The molecule has 0 saturated carbocycles. The molecular formula is C9H12N2OS. The lowest BCUT2D eigenvalue weighted by Crippen LogP contribution is -2.26. The lowest BCUT2D eigenvalue weighted by molar-refractivity contribution is 0.327. The highest BCUT2D eigenvalue weighted by molar-refractivity contribution is 7.07. The average molecular weight is 196 g/mol. The molecule has 0 aliphatic carbocycles. The van der Waals surface area contributed by atoms with Gasteiger partial charge in [-0.1, -0.05) is 0 Å². The molecule has 1 aromatic heterocycles. The quantitative estimate of drug-likeness (QED) is 0.782. The highest BCUT2D eigenvalue weighted by Crippen LogP contribution is 2.15. The summed E-state index contributed by atoms with van der Waals surface area (Å²) in [5, 5.41) is 7.42. The van der Waals surface area contributed by atoms with Crippen molar-refractivity contribution in [1.29, 1.82) is 0 Å². The number of nitrogens with zero attached hydrogens (tertiary/aromatic N) is 1. The van der Waals surface area contributed by atoms with Gasteiger partial charge < -0.3 is 10.1 Å². The smallest absolute Gasteiger partial charge is 0.285 e. The van der Waals surface area contributed by atoms with E-state index in [1.165, 1.54) is 5.56 Å². The summed E-state index contributed by atoms with van der Waals surface area (Å²) >= 11 is 1.71. The second-order valence-corrected chi connectivity index (χ2v) is 3.74. The average Bonchev–Trinajstić information content (AvgIpc) is 2.74. The van der Waals surface area contributed by atoms with Crippen LogP contribution in [0, 0.1) is 0 Å². The van der Waals surface area contributed by atoms with E-state index in [9.17, 15) is 0 Å². The first-order valence-electron chi connectivity index (χ1n) is 4.32. The van der Waals surface area contributed by atoms with Crippen molar-refractivity contribution < 1.29 is 4.74 Å². The second-order valence-electron chi connectivity index (χ2n) is 2.96. The van der Waals surface area contributed by atoms with Gasteiger partial charge in [-0.05, 0) is 29.3 Å². The molecule has 13 heavy (non-hydrogen) atoms. The number of nitrogens with one attached hydrogen (secondary N) is 1. The van der Waals surface area contributed by atoms with Gasteiger partial charge in [0.2, 0.25) is 0 Å². The van der Waals surface area contributed by atoms with Crippen molar-refractivity contribution in [2.24, 2.45) is 4.99 Å². The molecular weight excluding hydrogens is 184 g/mol. The van der Waals surface area contributed by atoms with E-state index >= 15 is 0 Å². The van der Waals surface area contributed by atoms with Gasteiger partial charge in [0.1, 0.15) is 6.61 Å². The van der Waals surface area contributed by atoms with E-state index < -0.39 is 0 Å². The number of amidine groups is 1. The SMILES string of the molecule is CC(NC1=NCCO1)c1ccsc1. The van der Waals surface area contributed by atoms with Crippen LogP contribution in [0.5, 0.6) is 0 Å². The van der Waals surface area contributed by atoms with Gasteiger partial charge in [-0.15, -0.1) is 0 Å². The number of hydrogen-bond acceptors (Lipinski definition) is 4. The minimum absolute atomic E-state index is 0.281. The molecule has 0 bridgehead atoms. The van der Waals surface area contributed by atoms with Gasteiger partial charge in [-0.25, -0.2) is 4.99 Å². The molecule has 1 atom stereocenters. The highest BCUT2D eigenvalue weighted by Gasteiger charge is 2.11. The summed E-state index contributed by atoms with van der Waals surface area (Å²) in [5.41, 5.74) is 1.28. The Balaban J connectivity index is 1.95. The largest absolute Gasteiger partial charge is 0.463 e. The molecule has 1 aromatic rings. The molecule has 0 saturated heterocycles. The first kappa shape index (κ1) is 8.56. The highest BCUT2D eigenvalue weighted by atomic mass is 32.1. The zero-order chi connectivity index (χ0) is 9.10. The monoisotopic (exact) mass is 196 g/mol. The lowest BCUT2D eigenvalue weighted by atomic mass is 10.2. The van der Waals surface area contributed by atoms with Crippen molar-refractivity contribution in [2.75, 3.05) is 13.2 Å². The molecule has 70 valence electrons. The Morgan fingerprint density at radius 1 is 1.69 bits per heavy atom. The molecule has 2 rings (SSSR count). The van der Waals surface area contributed by atoms with Crippen molar-refractivity contribution in [3.63, 3.8) is 0 Å². The molecule has 2 heterocycles. The van der Waals surface area contributed by atoms with Crippen molar-refractivity contribution in [3.8, 4) is 0 Å². The van der Waals surface area contributed by atoms with Crippen molar-refractivity contribution in [1.82, 2.24) is 5.32 Å². The number of hydrogen-bond donors (Lipinski definition) is 1. The molecule has 4 heteroatoms. The van der Waals surface area contributed by atoms with Crippen LogP contribution in [0.3, 0.4) is 0 Å². The van der Waals surface area contributed by atoms with Gasteiger partial charge in [0.15, 0.2) is 0 Å². The van der Waals surface area contributed by atoms with Crippen LogP contribution < -0.4 is 5.32 Å². The zero-order valence-electron chi connectivity index (χ0n) is 7.49. The van der Waals surface area contributed by atoms with Crippen LogP contribution >= 0.6 is 11.3 Å². The number of rotatable bonds is 2. The molecule has 1 N–H and O–H groups in total. The fourth-order valence-corrected chi connectivity index (χ4v) is 1.97. The van der Waals surface area contributed by atoms with E-state index in [0.717, 1.165) is 6.54 Å². The Morgan fingerprint density at radius 3 is 3.23 bits per heavy atom. The maximum atomic E-state index is 5.26. The second kappa shape index (κ2) is 3.79. The fourth-order valence-electron chi connectivity index (χ4n) is 1.21. The molecule has 0 spiro atoms. The van der Waals surface area contributed by atoms with Gasteiger partial charge in [-0.3, -0.25) is 0 Å². The normalized spacial score (nSPS) is 17.8. The summed E-state index contributed by atoms with van der Waals surface area (Å²) in [6.07, 6.45) is 0. The van der Waals surface area contributed by atoms with E-state index in [2.05, 4.69) is 34.1 Å². The van der Waals surface area contributed by atoms with Gasteiger partial charge in [0.05, 0.1) is 12.6 Å². The van der Waals surface area contributed by atoms with Crippen molar-refractivity contribution in [3.05, 3.63) is 22.4 Å². The van der Waals surface area contributed by atoms with Crippen LogP contribution in [-0.4, -0.2) is 19.2 Å². The molecule has 0 amide bonds. The van der Waals surface area contributed by atoms with E-state index in [0.29, 0.717) is 12.6 Å². The molecule has 1 aliphatic heterocycles. The summed E-state index contributed by atoms with van der Waals surface area (Å²) < 4.78 is 5.26. The Labute approximate surface area is 81.4 Å². The Morgan fingerprint density at radius 2 is 2.62 bits per heavy atom.